The summed E-state index contributed by atoms with van der Waals surface area (Å²) in [6.07, 6.45) is 0. The Morgan fingerprint density at radius 2 is 1.75 bits per heavy atom. The van der Waals surface area contributed by atoms with Crippen molar-refractivity contribution in [1.82, 2.24) is 5.32 Å². The molecule has 0 saturated heterocycles. The second kappa shape index (κ2) is 7.76. The molecule has 0 atom stereocenters. The molecule has 0 radical (unpaired) electrons. The Labute approximate surface area is 148 Å². The number of nitrogens with one attached hydrogen (secondary N) is 2. The molecule has 0 aliphatic rings. The van der Waals surface area contributed by atoms with Gasteiger partial charge < -0.3 is 20.0 Å². The summed E-state index contributed by atoms with van der Waals surface area (Å²) in [6.45, 7) is 0. The number of rotatable bonds is 4. The number of hydrogen-bond acceptors (Lipinski definition) is 5. The first-order chi connectivity index (χ1) is 11.4. The molecule has 0 heterocycles. The zero-order chi connectivity index (χ0) is 17.7. The Bertz CT molecular complexity index is 793. The van der Waals surface area contributed by atoms with Gasteiger partial charge in [0, 0.05) is 10.6 Å². The molecule has 2 rings (SSSR count). The van der Waals surface area contributed by atoms with Crippen LogP contribution in [-0.2, 0) is 0 Å². The van der Waals surface area contributed by atoms with Crippen LogP contribution >= 0.6 is 23.8 Å². The second-order valence-electron chi connectivity index (χ2n) is 4.62. The summed E-state index contributed by atoms with van der Waals surface area (Å²) in [4.78, 5) is 23.0. The van der Waals surface area contributed by atoms with E-state index in [0.717, 1.165) is 0 Å². The quantitative estimate of drug-likeness (QED) is 0.805. The molecule has 2 aromatic rings. The van der Waals surface area contributed by atoms with Crippen molar-refractivity contribution < 1.29 is 19.4 Å². The summed E-state index contributed by atoms with van der Waals surface area (Å²) in [6, 6.07) is 10.4. The standard InChI is InChI=1S/C16H13ClN2O4S/c1-23-13-7-4-10(15(21)22)8-12(13)18-16(24)19-14(20)9-2-5-11(17)6-3-9/h2-8H,1H3,(H,21,22)(H2,18,19,20,24)/p-1. The van der Waals surface area contributed by atoms with Gasteiger partial charge in [-0.3, -0.25) is 10.1 Å². The molecule has 0 aliphatic heterocycles. The van der Waals surface area contributed by atoms with Crippen molar-refractivity contribution in [2.24, 2.45) is 0 Å². The largest absolute Gasteiger partial charge is 0.545 e. The Balaban J connectivity index is 2.11. The van der Waals surface area contributed by atoms with Gasteiger partial charge in [-0.25, -0.2) is 0 Å². The van der Waals surface area contributed by atoms with Crippen molar-refractivity contribution in [1.29, 1.82) is 0 Å². The average Bonchev–Trinajstić information content (AvgIpc) is 2.55. The van der Waals surface area contributed by atoms with E-state index in [4.69, 9.17) is 28.6 Å². The van der Waals surface area contributed by atoms with Gasteiger partial charge in [0.05, 0.1) is 18.8 Å². The van der Waals surface area contributed by atoms with Crippen LogP contribution in [0, 0.1) is 0 Å². The minimum Gasteiger partial charge on any atom is -0.545 e. The average molecular weight is 364 g/mol. The van der Waals surface area contributed by atoms with Gasteiger partial charge >= 0.3 is 0 Å². The number of methoxy groups -OCH3 is 1. The molecule has 0 fully saturated rings. The Kier molecular flexibility index (Phi) is 5.73. The molecule has 2 N–H and O–H groups in total. The highest BCUT2D eigenvalue weighted by atomic mass is 35.5. The fourth-order valence-electron chi connectivity index (χ4n) is 1.86. The van der Waals surface area contributed by atoms with Crippen LogP contribution in [0.5, 0.6) is 5.75 Å². The maximum atomic E-state index is 12.1. The van der Waals surface area contributed by atoms with Crippen LogP contribution in [-0.4, -0.2) is 24.1 Å². The van der Waals surface area contributed by atoms with Crippen LogP contribution in [0.1, 0.15) is 20.7 Å². The maximum absolute atomic E-state index is 12.1. The predicted octanol–water partition coefficient (Wildman–Crippen LogP) is 1.84. The lowest BCUT2D eigenvalue weighted by Gasteiger charge is -2.14. The summed E-state index contributed by atoms with van der Waals surface area (Å²) in [7, 11) is 1.43. The van der Waals surface area contributed by atoms with E-state index in [0.29, 0.717) is 22.0 Å². The molecule has 124 valence electrons. The van der Waals surface area contributed by atoms with Gasteiger partial charge in [0.25, 0.3) is 5.91 Å². The van der Waals surface area contributed by atoms with Gasteiger partial charge in [-0.1, -0.05) is 11.6 Å². The van der Waals surface area contributed by atoms with Crippen molar-refractivity contribution in [3.05, 3.63) is 58.6 Å². The number of thiocarbonyl (C=S) groups is 1. The van der Waals surface area contributed by atoms with Crippen LogP contribution in [0.2, 0.25) is 5.02 Å². The number of carbonyl (C=O) groups is 2. The van der Waals surface area contributed by atoms with Crippen molar-refractivity contribution in [3.63, 3.8) is 0 Å². The highest BCUT2D eigenvalue weighted by molar-refractivity contribution is 7.80. The smallest absolute Gasteiger partial charge is 0.257 e. The lowest BCUT2D eigenvalue weighted by molar-refractivity contribution is -0.255. The van der Waals surface area contributed by atoms with Gasteiger partial charge in [-0.2, -0.15) is 0 Å². The summed E-state index contributed by atoms with van der Waals surface area (Å²) in [5, 5.41) is 16.6. The molecule has 8 heteroatoms. The van der Waals surface area contributed by atoms with Gasteiger partial charge in [0.1, 0.15) is 5.75 Å². The summed E-state index contributed by atoms with van der Waals surface area (Å²) in [5.41, 5.74) is 0.615. The number of amides is 1. The van der Waals surface area contributed by atoms with Crippen molar-refractivity contribution in [3.8, 4) is 5.75 Å². The number of carbonyl (C=O) groups excluding carboxylic acids is 2. The summed E-state index contributed by atoms with van der Waals surface area (Å²) in [5.74, 6) is -1.40. The number of ether oxygens (including phenoxy) is 1. The first-order valence-corrected chi connectivity index (χ1v) is 7.46. The number of hydrogen-bond donors (Lipinski definition) is 2. The van der Waals surface area contributed by atoms with Gasteiger partial charge in [0.2, 0.25) is 0 Å². The fraction of sp³-hybridized carbons (Fsp3) is 0.0625. The van der Waals surface area contributed by atoms with Crippen LogP contribution in [0.4, 0.5) is 5.69 Å². The fourth-order valence-corrected chi connectivity index (χ4v) is 2.19. The van der Waals surface area contributed by atoms with Crippen LogP contribution in [0.3, 0.4) is 0 Å². The first-order valence-electron chi connectivity index (χ1n) is 6.68. The lowest BCUT2D eigenvalue weighted by atomic mass is 10.2. The molecule has 0 saturated carbocycles. The number of benzene rings is 2. The second-order valence-corrected chi connectivity index (χ2v) is 5.46. The van der Waals surface area contributed by atoms with Crippen molar-refractivity contribution in [2.45, 2.75) is 0 Å². The SMILES string of the molecule is COc1ccc(C(=O)[O-])cc1NC(=S)NC(=O)c1ccc(Cl)cc1. The van der Waals surface area contributed by atoms with E-state index in [-0.39, 0.29) is 10.7 Å². The molecular formula is C16H12ClN2O4S-. The molecule has 24 heavy (non-hydrogen) atoms. The highest BCUT2D eigenvalue weighted by Crippen LogP contribution is 2.25. The summed E-state index contributed by atoms with van der Waals surface area (Å²) < 4.78 is 5.12. The third-order valence-electron chi connectivity index (χ3n) is 3.02. The van der Waals surface area contributed by atoms with E-state index in [1.54, 1.807) is 24.3 Å². The monoisotopic (exact) mass is 363 g/mol. The third-order valence-corrected chi connectivity index (χ3v) is 3.47. The lowest BCUT2D eigenvalue weighted by Crippen LogP contribution is -2.34. The minimum absolute atomic E-state index is 0.0104. The number of carboxylic acids is 1. The Morgan fingerprint density at radius 3 is 2.33 bits per heavy atom. The predicted molar refractivity (Wildman–Crippen MR) is 92.5 cm³/mol. The van der Waals surface area contributed by atoms with Crippen LogP contribution in [0.25, 0.3) is 0 Å². The normalized spacial score (nSPS) is 9.92. The zero-order valence-electron chi connectivity index (χ0n) is 12.5. The molecule has 2 aromatic carbocycles. The molecule has 0 aromatic heterocycles. The Morgan fingerprint density at radius 1 is 1.12 bits per heavy atom. The van der Waals surface area contributed by atoms with Gasteiger partial charge in [-0.05, 0) is 60.2 Å². The number of anilines is 1. The van der Waals surface area contributed by atoms with E-state index in [1.165, 1.54) is 25.3 Å². The molecule has 0 unspecified atom stereocenters. The molecule has 6 nitrogen and oxygen atoms in total. The first kappa shape index (κ1) is 17.7. The van der Waals surface area contributed by atoms with Gasteiger partial charge in [-0.15, -0.1) is 0 Å². The minimum atomic E-state index is -1.34. The van der Waals surface area contributed by atoms with Crippen molar-refractivity contribution in [2.75, 3.05) is 12.4 Å². The highest BCUT2D eigenvalue weighted by Gasteiger charge is 2.11. The zero-order valence-corrected chi connectivity index (χ0v) is 14.0. The molecular weight excluding hydrogens is 352 g/mol. The molecule has 0 bridgehead atoms. The molecule has 1 amide bonds. The third kappa shape index (κ3) is 4.43. The van der Waals surface area contributed by atoms with Crippen molar-refractivity contribution >= 4 is 46.5 Å². The maximum Gasteiger partial charge on any atom is 0.257 e. The van der Waals surface area contributed by atoms with E-state index in [1.807, 2.05) is 0 Å². The topological polar surface area (TPSA) is 90.5 Å². The number of aromatic carboxylic acids is 1. The number of carboxylic acid groups (broad SMARTS) is 1. The van der Waals surface area contributed by atoms with Gasteiger partial charge in [0.15, 0.2) is 5.11 Å². The molecule has 0 aliphatic carbocycles. The van der Waals surface area contributed by atoms with Crippen LogP contribution < -0.4 is 20.5 Å². The van der Waals surface area contributed by atoms with E-state index in [2.05, 4.69) is 10.6 Å². The molecule has 0 spiro atoms. The van der Waals surface area contributed by atoms with E-state index >= 15 is 0 Å². The van der Waals surface area contributed by atoms with E-state index in [9.17, 15) is 14.7 Å². The Hall–Kier alpha value is -2.64. The van der Waals surface area contributed by atoms with Crippen LogP contribution in [0.15, 0.2) is 42.5 Å². The summed E-state index contributed by atoms with van der Waals surface area (Å²) >= 11 is 10.8. The van der Waals surface area contributed by atoms with E-state index < -0.39 is 11.9 Å². The number of halogens is 1.